The molecular formula is C15H23NO. The van der Waals surface area contributed by atoms with Crippen molar-refractivity contribution >= 4 is 5.78 Å². The van der Waals surface area contributed by atoms with Crippen LogP contribution in [0.4, 0.5) is 0 Å². The van der Waals surface area contributed by atoms with Gasteiger partial charge in [-0.3, -0.25) is 4.79 Å². The molecule has 1 unspecified atom stereocenters. The second kappa shape index (κ2) is 6.55. The Morgan fingerprint density at radius 3 is 2.29 bits per heavy atom. The molecule has 0 N–H and O–H groups in total. The predicted octanol–water partition coefficient (Wildman–Crippen LogP) is 3.02. The van der Waals surface area contributed by atoms with Crippen LogP contribution in [-0.2, 0) is 6.42 Å². The van der Waals surface area contributed by atoms with Crippen LogP contribution < -0.4 is 0 Å². The van der Waals surface area contributed by atoms with Gasteiger partial charge in [0.2, 0.25) is 0 Å². The van der Waals surface area contributed by atoms with Gasteiger partial charge >= 0.3 is 0 Å². The van der Waals surface area contributed by atoms with Crippen LogP contribution in [0.15, 0.2) is 24.3 Å². The Kier molecular flexibility index (Phi) is 5.36. The van der Waals surface area contributed by atoms with E-state index in [1.807, 2.05) is 38.1 Å². The van der Waals surface area contributed by atoms with Crippen molar-refractivity contribution in [2.24, 2.45) is 5.92 Å². The first-order chi connectivity index (χ1) is 8.04. The Bertz CT molecular complexity index is 354. The van der Waals surface area contributed by atoms with E-state index in [2.05, 4.69) is 19.1 Å². The molecule has 0 spiro atoms. The summed E-state index contributed by atoms with van der Waals surface area (Å²) < 4.78 is 0. The molecule has 1 rings (SSSR count). The van der Waals surface area contributed by atoms with Gasteiger partial charge in [0, 0.05) is 18.0 Å². The molecule has 2 heteroatoms. The van der Waals surface area contributed by atoms with Crippen LogP contribution in [0, 0.1) is 5.92 Å². The monoisotopic (exact) mass is 233 g/mol. The summed E-state index contributed by atoms with van der Waals surface area (Å²) in [5.74, 6) is 0.295. The molecule has 0 saturated carbocycles. The SMILES string of the molecule is CCCc1ccc(C(=O)C(C)CN(C)C)cc1. The van der Waals surface area contributed by atoms with Crippen LogP contribution in [0.3, 0.4) is 0 Å². The molecule has 0 aromatic heterocycles. The Morgan fingerprint density at radius 1 is 1.24 bits per heavy atom. The molecule has 1 aromatic rings. The van der Waals surface area contributed by atoms with Gasteiger partial charge < -0.3 is 4.90 Å². The van der Waals surface area contributed by atoms with E-state index in [9.17, 15) is 4.79 Å². The number of carbonyl (C=O) groups excluding carboxylic acids is 1. The van der Waals surface area contributed by atoms with Crippen molar-refractivity contribution in [2.45, 2.75) is 26.7 Å². The lowest BCUT2D eigenvalue weighted by Gasteiger charge is -2.15. The highest BCUT2D eigenvalue weighted by atomic mass is 16.1. The molecule has 0 aliphatic rings. The minimum absolute atomic E-state index is 0.0574. The summed E-state index contributed by atoms with van der Waals surface area (Å²) in [4.78, 5) is 14.2. The lowest BCUT2D eigenvalue weighted by Crippen LogP contribution is -2.25. The van der Waals surface area contributed by atoms with Gasteiger partial charge in [-0.2, -0.15) is 0 Å². The van der Waals surface area contributed by atoms with Crippen molar-refractivity contribution in [3.05, 3.63) is 35.4 Å². The first kappa shape index (κ1) is 13.9. The number of hydrogen-bond acceptors (Lipinski definition) is 2. The number of nitrogens with zero attached hydrogens (tertiary/aromatic N) is 1. The topological polar surface area (TPSA) is 20.3 Å². The van der Waals surface area contributed by atoms with Gasteiger partial charge in [-0.15, -0.1) is 0 Å². The number of Topliss-reactive ketones (excluding diaryl/α,β-unsaturated/α-hetero) is 1. The Balaban J connectivity index is 2.69. The largest absolute Gasteiger partial charge is 0.309 e. The average Bonchev–Trinajstić information content (AvgIpc) is 2.28. The maximum absolute atomic E-state index is 12.1. The molecule has 17 heavy (non-hydrogen) atoms. The zero-order valence-corrected chi connectivity index (χ0v) is 11.4. The molecule has 0 aliphatic heterocycles. The van der Waals surface area contributed by atoms with Gasteiger partial charge in [0.1, 0.15) is 0 Å². The second-order valence-electron chi connectivity index (χ2n) is 4.97. The number of carbonyl (C=O) groups is 1. The van der Waals surface area contributed by atoms with Crippen LogP contribution >= 0.6 is 0 Å². The molecule has 1 aromatic carbocycles. The maximum Gasteiger partial charge on any atom is 0.166 e. The zero-order chi connectivity index (χ0) is 12.8. The molecular weight excluding hydrogens is 210 g/mol. The molecule has 0 heterocycles. The van der Waals surface area contributed by atoms with Crippen molar-refractivity contribution in [1.29, 1.82) is 0 Å². The number of rotatable bonds is 6. The van der Waals surface area contributed by atoms with Gasteiger partial charge in [0.25, 0.3) is 0 Å². The fraction of sp³-hybridized carbons (Fsp3) is 0.533. The third-order valence-corrected chi connectivity index (χ3v) is 2.86. The quantitative estimate of drug-likeness (QED) is 0.704. The molecule has 0 bridgehead atoms. The number of aryl methyl sites for hydroxylation is 1. The van der Waals surface area contributed by atoms with Crippen molar-refractivity contribution in [3.8, 4) is 0 Å². The van der Waals surface area contributed by atoms with E-state index >= 15 is 0 Å². The van der Waals surface area contributed by atoms with Crippen LogP contribution in [0.5, 0.6) is 0 Å². The summed E-state index contributed by atoms with van der Waals surface area (Å²) >= 11 is 0. The standard InChI is InChI=1S/C15H23NO/c1-5-6-13-7-9-14(10-8-13)15(17)12(2)11-16(3)4/h7-10,12H,5-6,11H2,1-4H3. The van der Waals surface area contributed by atoms with Crippen LogP contribution in [-0.4, -0.2) is 31.3 Å². The first-order valence-electron chi connectivity index (χ1n) is 6.32. The fourth-order valence-corrected chi connectivity index (χ4v) is 2.04. The Labute approximate surface area is 105 Å². The minimum atomic E-state index is 0.0574. The van der Waals surface area contributed by atoms with Gasteiger partial charge in [-0.25, -0.2) is 0 Å². The molecule has 94 valence electrons. The Morgan fingerprint density at radius 2 is 1.82 bits per heavy atom. The number of ketones is 1. The van der Waals surface area contributed by atoms with E-state index < -0.39 is 0 Å². The van der Waals surface area contributed by atoms with E-state index in [4.69, 9.17) is 0 Å². The summed E-state index contributed by atoms with van der Waals surface area (Å²) in [6.07, 6.45) is 2.23. The maximum atomic E-state index is 12.1. The van der Waals surface area contributed by atoms with Crippen molar-refractivity contribution in [3.63, 3.8) is 0 Å². The zero-order valence-electron chi connectivity index (χ0n) is 11.4. The van der Waals surface area contributed by atoms with Crippen LogP contribution in [0.2, 0.25) is 0 Å². The summed E-state index contributed by atoms with van der Waals surface area (Å²) in [6, 6.07) is 8.05. The van der Waals surface area contributed by atoms with Gasteiger partial charge in [0.15, 0.2) is 5.78 Å². The highest BCUT2D eigenvalue weighted by Crippen LogP contribution is 2.12. The minimum Gasteiger partial charge on any atom is -0.309 e. The van der Waals surface area contributed by atoms with E-state index in [-0.39, 0.29) is 11.7 Å². The van der Waals surface area contributed by atoms with E-state index in [0.717, 1.165) is 24.9 Å². The molecule has 0 aliphatic carbocycles. The average molecular weight is 233 g/mol. The first-order valence-corrected chi connectivity index (χ1v) is 6.32. The fourth-order valence-electron chi connectivity index (χ4n) is 2.04. The summed E-state index contributed by atoms with van der Waals surface area (Å²) in [5.41, 5.74) is 2.14. The van der Waals surface area contributed by atoms with E-state index in [1.165, 1.54) is 5.56 Å². The predicted molar refractivity (Wildman–Crippen MR) is 72.5 cm³/mol. The summed E-state index contributed by atoms with van der Waals surface area (Å²) in [5, 5.41) is 0. The molecule has 0 saturated heterocycles. The molecule has 1 atom stereocenters. The van der Waals surface area contributed by atoms with Gasteiger partial charge in [-0.1, -0.05) is 44.5 Å². The van der Waals surface area contributed by atoms with Crippen LogP contribution in [0.25, 0.3) is 0 Å². The van der Waals surface area contributed by atoms with Crippen molar-refractivity contribution in [2.75, 3.05) is 20.6 Å². The second-order valence-corrected chi connectivity index (χ2v) is 4.97. The summed E-state index contributed by atoms with van der Waals surface area (Å²) in [7, 11) is 3.99. The highest BCUT2D eigenvalue weighted by Gasteiger charge is 2.15. The number of hydrogen-bond donors (Lipinski definition) is 0. The van der Waals surface area contributed by atoms with Crippen molar-refractivity contribution < 1.29 is 4.79 Å². The highest BCUT2D eigenvalue weighted by molar-refractivity contribution is 5.97. The van der Waals surface area contributed by atoms with E-state index in [1.54, 1.807) is 0 Å². The van der Waals surface area contributed by atoms with Crippen LogP contribution in [0.1, 0.15) is 36.2 Å². The third-order valence-electron chi connectivity index (χ3n) is 2.86. The normalized spacial score (nSPS) is 12.8. The van der Waals surface area contributed by atoms with E-state index in [0.29, 0.717) is 0 Å². The molecule has 0 amide bonds. The summed E-state index contributed by atoms with van der Waals surface area (Å²) in [6.45, 7) is 4.95. The molecule has 0 fully saturated rings. The smallest absolute Gasteiger partial charge is 0.166 e. The Hall–Kier alpha value is -1.15. The molecule has 0 radical (unpaired) electrons. The van der Waals surface area contributed by atoms with Gasteiger partial charge in [0.05, 0.1) is 0 Å². The van der Waals surface area contributed by atoms with Crippen molar-refractivity contribution in [1.82, 2.24) is 4.90 Å². The van der Waals surface area contributed by atoms with Gasteiger partial charge in [-0.05, 0) is 26.1 Å². The number of benzene rings is 1. The molecule has 2 nitrogen and oxygen atoms in total. The third kappa shape index (κ3) is 4.31. The lowest BCUT2D eigenvalue weighted by molar-refractivity contribution is 0.0910. The lowest BCUT2D eigenvalue weighted by atomic mass is 9.97.